The molecule has 0 saturated heterocycles. The first-order valence-corrected chi connectivity index (χ1v) is 9.77. The van der Waals surface area contributed by atoms with Crippen LogP contribution in [0.3, 0.4) is 0 Å². The van der Waals surface area contributed by atoms with E-state index in [0.29, 0.717) is 11.3 Å². The SMILES string of the molecule is Cc1cc(/C=C/C(=O)c2cc3ccccc3nc2Cl)cc(C)c1OC(C)(C)C(=O)O. The van der Waals surface area contributed by atoms with E-state index in [2.05, 4.69) is 4.98 Å². The monoisotopic (exact) mass is 423 g/mol. The summed E-state index contributed by atoms with van der Waals surface area (Å²) >= 11 is 6.21. The lowest BCUT2D eigenvalue weighted by Crippen LogP contribution is -2.38. The molecule has 0 bridgehead atoms. The van der Waals surface area contributed by atoms with Gasteiger partial charge in [0.2, 0.25) is 0 Å². The van der Waals surface area contributed by atoms with Gasteiger partial charge in [0, 0.05) is 5.39 Å². The van der Waals surface area contributed by atoms with Crippen LogP contribution in [0.5, 0.6) is 5.75 Å². The molecule has 0 saturated carbocycles. The number of pyridine rings is 1. The lowest BCUT2D eigenvalue weighted by molar-refractivity contribution is -0.152. The number of carbonyl (C=O) groups is 2. The standard InChI is InChI=1S/C24H22ClNO4/c1-14-11-16(12-15(2)21(14)30-24(3,4)23(28)29)9-10-20(27)18-13-17-7-5-6-8-19(17)26-22(18)25/h5-13H,1-4H3,(H,28,29)/b10-9+. The van der Waals surface area contributed by atoms with Crippen molar-refractivity contribution in [3.63, 3.8) is 0 Å². The summed E-state index contributed by atoms with van der Waals surface area (Å²) in [6.45, 7) is 6.68. The normalized spacial score (nSPS) is 11.8. The van der Waals surface area contributed by atoms with E-state index in [1.165, 1.54) is 19.9 Å². The van der Waals surface area contributed by atoms with Crippen molar-refractivity contribution in [2.45, 2.75) is 33.3 Å². The van der Waals surface area contributed by atoms with Gasteiger partial charge < -0.3 is 9.84 Å². The van der Waals surface area contributed by atoms with Crippen molar-refractivity contribution < 1.29 is 19.4 Å². The number of para-hydroxylation sites is 1. The zero-order valence-electron chi connectivity index (χ0n) is 17.2. The maximum absolute atomic E-state index is 12.7. The Balaban J connectivity index is 1.87. The maximum Gasteiger partial charge on any atom is 0.347 e. The van der Waals surface area contributed by atoms with Gasteiger partial charge in [-0.1, -0.05) is 35.9 Å². The molecule has 0 spiro atoms. The van der Waals surface area contributed by atoms with Gasteiger partial charge in [-0.15, -0.1) is 0 Å². The number of carboxylic acids is 1. The Morgan fingerprint density at radius 3 is 2.37 bits per heavy atom. The molecule has 0 amide bonds. The molecule has 1 heterocycles. The zero-order chi connectivity index (χ0) is 22.1. The third-order valence-electron chi connectivity index (χ3n) is 4.72. The second-order valence-electron chi connectivity index (χ2n) is 7.62. The van der Waals surface area contributed by atoms with E-state index in [1.54, 1.807) is 12.1 Å². The summed E-state index contributed by atoms with van der Waals surface area (Å²) in [6, 6.07) is 12.9. The number of hydrogen-bond acceptors (Lipinski definition) is 4. The number of aryl methyl sites for hydroxylation is 2. The zero-order valence-corrected chi connectivity index (χ0v) is 17.9. The molecule has 154 valence electrons. The van der Waals surface area contributed by atoms with E-state index in [9.17, 15) is 14.7 Å². The van der Waals surface area contributed by atoms with Gasteiger partial charge in [-0.25, -0.2) is 9.78 Å². The second-order valence-corrected chi connectivity index (χ2v) is 7.98. The van der Waals surface area contributed by atoms with Gasteiger partial charge in [-0.2, -0.15) is 0 Å². The highest BCUT2D eigenvalue weighted by Crippen LogP contribution is 2.29. The van der Waals surface area contributed by atoms with E-state index >= 15 is 0 Å². The van der Waals surface area contributed by atoms with Crippen LogP contribution in [-0.4, -0.2) is 27.4 Å². The first-order valence-electron chi connectivity index (χ1n) is 9.40. The molecule has 5 nitrogen and oxygen atoms in total. The molecule has 6 heteroatoms. The minimum Gasteiger partial charge on any atom is -0.478 e. The largest absolute Gasteiger partial charge is 0.478 e. The van der Waals surface area contributed by atoms with Crippen molar-refractivity contribution in [2.24, 2.45) is 0 Å². The molecule has 0 atom stereocenters. The number of ether oxygens (including phenoxy) is 1. The minimum atomic E-state index is -1.34. The van der Waals surface area contributed by atoms with Crippen LogP contribution in [0.25, 0.3) is 17.0 Å². The highest BCUT2D eigenvalue weighted by molar-refractivity contribution is 6.34. The van der Waals surface area contributed by atoms with Crippen molar-refractivity contribution in [3.05, 3.63) is 75.9 Å². The summed E-state index contributed by atoms with van der Waals surface area (Å²) < 4.78 is 5.72. The molecule has 0 aliphatic heterocycles. The molecule has 0 fully saturated rings. The van der Waals surface area contributed by atoms with Crippen LogP contribution in [0.1, 0.15) is 40.9 Å². The van der Waals surface area contributed by atoms with Crippen molar-refractivity contribution in [3.8, 4) is 5.75 Å². The highest BCUT2D eigenvalue weighted by Gasteiger charge is 2.30. The Morgan fingerprint density at radius 2 is 1.73 bits per heavy atom. The van der Waals surface area contributed by atoms with Crippen molar-refractivity contribution in [2.75, 3.05) is 0 Å². The van der Waals surface area contributed by atoms with Crippen molar-refractivity contribution >= 4 is 40.3 Å². The first-order chi connectivity index (χ1) is 14.1. The van der Waals surface area contributed by atoms with E-state index in [1.807, 2.05) is 50.2 Å². The molecule has 0 radical (unpaired) electrons. The lowest BCUT2D eigenvalue weighted by Gasteiger charge is -2.24. The van der Waals surface area contributed by atoms with Crippen LogP contribution in [0.2, 0.25) is 5.15 Å². The predicted octanol–water partition coefficient (Wildman–Crippen LogP) is 5.64. The summed E-state index contributed by atoms with van der Waals surface area (Å²) in [6.07, 6.45) is 3.15. The molecule has 3 aromatic rings. The van der Waals surface area contributed by atoms with E-state index < -0.39 is 11.6 Å². The Morgan fingerprint density at radius 1 is 1.10 bits per heavy atom. The van der Waals surface area contributed by atoms with Crippen LogP contribution in [0.4, 0.5) is 0 Å². The van der Waals surface area contributed by atoms with E-state index in [0.717, 1.165) is 27.6 Å². The number of fused-ring (bicyclic) bond motifs is 1. The smallest absolute Gasteiger partial charge is 0.347 e. The van der Waals surface area contributed by atoms with Crippen molar-refractivity contribution in [1.29, 1.82) is 0 Å². The van der Waals surface area contributed by atoms with Gasteiger partial charge in [0.15, 0.2) is 11.4 Å². The topological polar surface area (TPSA) is 76.5 Å². The maximum atomic E-state index is 12.7. The third-order valence-corrected chi connectivity index (χ3v) is 5.01. The molecule has 0 unspecified atom stereocenters. The van der Waals surface area contributed by atoms with Crippen LogP contribution in [0.15, 0.2) is 48.5 Å². The first kappa shape index (κ1) is 21.5. The molecule has 1 N–H and O–H groups in total. The average Bonchev–Trinajstić information content (AvgIpc) is 2.68. The number of rotatable bonds is 6. The highest BCUT2D eigenvalue weighted by atomic mass is 35.5. The molecule has 2 aromatic carbocycles. The van der Waals surface area contributed by atoms with Crippen LogP contribution < -0.4 is 4.74 Å². The number of aromatic nitrogens is 1. The number of nitrogens with zero attached hydrogens (tertiary/aromatic N) is 1. The third kappa shape index (κ3) is 4.52. The van der Waals surface area contributed by atoms with Gasteiger partial charge in [-0.05, 0) is 74.7 Å². The number of carboxylic acid groups (broad SMARTS) is 1. The van der Waals surface area contributed by atoms with Gasteiger partial charge in [-0.3, -0.25) is 4.79 Å². The summed E-state index contributed by atoms with van der Waals surface area (Å²) in [7, 11) is 0. The van der Waals surface area contributed by atoms with E-state index in [4.69, 9.17) is 16.3 Å². The number of carbonyl (C=O) groups excluding carboxylic acids is 1. The second kappa shape index (κ2) is 8.28. The minimum absolute atomic E-state index is 0.162. The molecule has 30 heavy (non-hydrogen) atoms. The van der Waals surface area contributed by atoms with Crippen LogP contribution in [-0.2, 0) is 4.79 Å². The fraction of sp³-hybridized carbons (Fsp3) is 0.208. The molecule has 3 rings (SSSR count). The Hall–Kier alpha value is -3.18. The van der Waals surface area contributed by atoms with Gasteiger partial charge in [0.05, 0.1) is 11.1 Å². The summed E-state index contributed by atoms with van der Waals surface area (Å²) in [5, 5.41) is 10.3. The molecule has 1 aromatic heterocycles. The van der Waals surface area contributed by atoms with Crippen LogP contribution in [0, 0.1) is 13.8 Å². The predicted molar refractivity (Wildman–Crippen MR) is 118 cm³/mol. The summed E-state index contributed by atoms with van der Waals surface area (Å²) in [5.74, 6) is -0.773. The quantitative estimate of drug-likeness (QED) is 0.315. The number of hydrogen-bond donors (Lipinski definition) is 1. The fourth-order valence-corrected chi connectivity index (χ4v) is 3.31. The van der Waals surface area contributed by atoms with Crippen molar-refractivity contribution in [1.82, 2.24) is 4.98 Å². The fourth-order valence-electron chi connectivity index (χ4n) is 3.07. The van der Waals surface area contributed by atoms with Gasteiger partial charge in [0.1, 0.15) is 10.9 Å². The van der Waals surface area contributed by atoms with Gasteiger partial charge >= 0.3 is 5.97 Å². The summed E-state index contributed by atoms with van der Waals surface area (Å²) in [4.78, 5) is 28.3. The number of allylic oxidation sites excluding steroid dienone is 1. The Bertz CT molecular complexity index is 1160. The molecular formula is C24H22ClNO4. The van der Waals surface area contributed by atoms with E-state index in [-0.39, 0.29) is 10.9 Å². The summed E-state index contributed by atoms with van der Waals surface area (Å²) in [5.41, 5.74) is 2.08. The number of aliphatic carboxylic acids is 1. The van der Waals surface area contributed by atoms with Crippen LogP contribution >= 0.6 is 11.6 Å². The molecule has 0 aliphatic rings. The number of ketones is 1. The molecule has 0 aliphatic carbocycles. The van der Waals surface area contributed by atoms with Gasteiger partial charge in [0.25, 0.3) is 0 Å². The molecular weight excluding hydrogens is 402 g/mol. The Kier molecular flexibility index (Phi) is 5.94. The Labute approximate surface area is 180 Å². The number of benzene rings is 2. The average molecular weight is 424 g/mol. The lowest BCUT2D eigenvalue weighted by atomic mass is 10.0. The number of halogens is 1.